The number of nitrogens with zero attached hydrogens (tertiary/aromatic N) is 1. The number of alkyl halides is 3. The minimum Gasteiger partial charge on any atom is -0.299 e. The molecular formula is C21H22F3N. The number of hydrogen-bond acceptors (Lipinski definition) is 1. The molecule has 3 fully saturated rings. The van der Waals surface area contributed by atoms with Gasteiger partial charge in [0.25, 0.3) is 0 Å². The molecule has 0 radical (unpaired) electrons. The van der Waals surface area contributed by atoms with E-state index in [1.807, 2.05) is 36.4 Å². The Hall–Kier alpha value is -1.81. The first-order valence-electron chi connectivity index (χ1n) is 8.98. The normalized spacial score (nSPS) is 27.2. The third kappa shape index (κ3) is 3.32. The maximum atomic E-state index is 13.2. The van der Waals surface area contributed by atoms with Crippen LogP contribution in [0.1, 0.15) is 41.9 Å². The van der Waals surface area contributed by atoms with E-state index in [2.05, 4.69) is 4.90 Å². The van der Waals surface area contributed by atoms with Gasteiger partial charge in [-0.2, -0.15) is 13.2 Å². The highest BCUT2D eigenvalue weighted by Crippen LogP contribution is 2.42. The second-order valence-corrected chi connectivity index (χ2v) is 7.29. The van der Waals surface area contributed by atoms with Crippen molar-refractivity contribution in [3.05, 3.63) is 71.3 Å². The lowest BCUT2D eigenvalue weighted by atomic mass is 9.74. The van der Waals surface area contributed by atoms with Crippen LogP contribution in [0.2, 0.25) is 0 Å². The van der Waals surface area contributed by atoms with Gasteiger partial charge < -0.3 is 0 Å². The molecule has 3 saturated heterocycles. The molecule has 4 heteroatoms. The monoisotopic (exact) mass is 345 g/mol. The highest BCUT2D eigenvalue weighted by atomic mass is 19.4. The zero-order valence-corrected chi connectivity index (χ0v) is 14.0. The van der Waals surface area contributed by atoms with Crippen LogP contribution >= 0.6 is 0 Å². The highest BCUT2D eigenvalue weighted by Gasteiger charge is 2.39. The lowest BCUT2D eigenvalue weighted by Crippen LogP contribution is -2.51. The number of piperidine rings is 3. The van der Waals surface area contributed by atoms with Gasteiger partial charge in [0.1, 0.15) is 0 Å². The molecule has 0 amide bonds. The van der Waals surface area contributed by atoms with E-state index in [9.17, 15) is 13.2 Å². The molecule has 2 aromatic carbocycles. The molecule has 25 heavy (non-hydrogen) atoms. The van der Waals surface area contributed by atoms with Gasteiger partial charge in [-0.15, -0.1) is 0 Å². The van der Waals surface area contributed by atoms with Crippen LogP contribution in [0, 0.1) is 5.92 Å². The van der Waals surface area contributed by atoms with Gasteiger partial charge in [-0.25, -0.2) is 0 Å². The van der Waals surface area contributed by atoms with Crippen molar-refractivity contribution in [3.63, 3.8) is 0 Å². The van der Waals surface area contributed by atoms with Crippen molar-refractivity contribution in [3.8, 4) is 0 Å². The second-order valence-electron chi connectivity index (χ2n) is 7.29. The lowest BCUT2D eigenvalue weighted by Gasteiger charge is -2.48. The number of rotatable bonds is 3. The van der Waals surface area contributed by atoms with E-state index >= 15 is 0 Å². The minimum atomic E-state index is -4.30. The summed E-state index contributed by atoms with van der Waals surface area (Å²) < 4.78 is 39.6. The maximum Gasteiger partial charge on any atom is 0.416 e. The summed E-state index contributed by atoms with van der Waals surface area (Å²) in [6.45, 7) is 2.13. The Bertz CT molecular complexity index is 717. The summed E-state index contributed by atoms with van der Waals surface area (Å²) in [4.78, 5) is 2.48. The van der Waals surface area contributed by atoms with Gasteiger partial charge in [-0.3, -0.25) is 4.90 Å². The van der Waals surface area contributed by atoms with Crippen molar-refractivity contribution in [1.82, 2.24) is 4.90 Å². The fourth-order valence-corrected chi connectivity index (χ4v) is 4.56. The number of hydrogen-bond donors (Lipinski definition) is 0. The van der Waals surface area contributed by atoms with E-state index in [1.165, 1.54) is 25.0 Å². The SMILES string of the molecule is FC(F)(F)c1cccc([C@H](c2ccccc2)[C@@H]2CC3CCN2CC3)c1. The van der Waals surface area contributed by atoms with Gasteiger partial charge >= 0.3 is 6.18 Å². The summed E-state index contributed by atoms with van der Waals surface area (Å²) in [5.74, 6) is 0.707. The van der Waals surface area contributed by atoms with Crippen LogP contribution in [-0.2, 0) is 6.18 Å². The molecule has 0 aliphatic carbocycles. The average molecular weight is 345 g/mol. The van der Waals surface area contributed by atoms with Crippen molar-refractivity contribution < 1.29 is 13.2 Å². The van der Waals surface area contributed by atoms with Gasteiger partial charge in [0.2, 0.25) is 0 Å². The molecule has 5 rings (SSSR count). The first kappa shape index (κ1) is 16.6. The topological polar surface area (TPSA) is 3.24 Å². The Morgan fingerprint density at radius 2 is 1.56 bits per heavy atom. The Labute approximate surface area is 146 Å². The predicted octanol–water partition coefficient (Wildman–Crippen LogP) is 5.32. The third-order valence-electron chi connectivity index (χ3n) is 5.81. The van der Waals surface area contributed by atoms with Crippen molar-refractivity contribution in [2.24, 2.45) is 5.92 Å². The summed E-state index contributed by atoms with van der Waals surface area (Å²) in [7, 11) is 0. The number of benzene rings is 2. The summed E-state index contributed by atoms with van der Waals surface area (Å²) in [6.07, 6.45) is -0.778. The Morgan fingerprint density at radius 1 is 0.880 bits per heavy atom. The number of halogens is 3. The maximum absolute atomic E-state index is 13.2. The molecule has 3 heterocycles. The summed E-state index contributed by atoms with van der Waals surface area (Å²) >= 11 is 0. The fraction of sp³-hybridized carbons (Fsp3) is 0.429. The summed E-state index contributed by atoms with van der Waals surface area (Å²) in [5, 5.41) is 0. The van der Waals surface area contributed by atoms with Crippen molar-refractivity contribution in [1.29, 1.82) is 0 Å². The molecule has 2 aromatic rings. The van der Waals surface area contributed by atoms with Crippen LogP contribution in [0.3, 0.4) is 0 Å². The lowest BCUT2D eigenvalue weighted by molar-refractivity contribution is -0.137. The quantitative estimate of drug-likeness (QED) is 0.727. The van der Waals surface area contributed by atoms with E-state index in [1.54, 1.807) is 6.07 Å². The molecule has 0 unspecified atom stereocenters. The highest BCUT2D eigenvalue weighted by molar-refractivity contribution is 5.38. The summed E-state index contributed by atoms with van der Waals surface area (Å²) in [5.41, 5.74) is 1.33. The van der Waals surface area contributed by atoms with Gasteiger partial charge in [-0.1, -0.05) is 48.5 Å². The van der Waals surface area contributed by atoms with Crippen molar-refractivity contribution in [2.45, 2.75) is 37.4 Å². The Morgan fingerprint density at radius 3 is 2.16 bits per heavy atom. The molecule has 0 N–H and O–H groups in total. The zero-order chi connectivity index (χ0) is 17.4. The van der Waals surface area contributed by atoms with E-state index in [0.29, 0.717) is 12.0 Å². The van der Waals surface area contributed by atoms with Gasteiger partial charge in [0.05, 0.1) is 5.56 Å². The minimum absolute atomic E-state index is 0.00778. The molecule has 2 atom stereocenters. The standard InChI is InChI=1S/C21H22F3N/c22-21(23,24)18-8-4-7-17(14-18)20(16-5-2-1-3-6-16)19-13-15-9-11-25(19)12-10-15/h1-8,14-15,19-20H,9-13H2/t19-,20-/m0/s1. The molecule has 1 nitrogen and oxygen atoms in total. The summed E-state index contributed by atoms with van der Waals surface area (Å²) in [6, 6.07) is 16.2. The first-order chi connectivity index (χ1) is 12.0. The first-order valence-corrected chi connectivity index (χ1v) is 8.98. The van der Waals surface area contributed by atoms with Crippen LogP contribution in [0.15, 0.2) is 54.6 Å². The fourth-order valence-electron chi connectivity index (χ4n) is 4.56. The van der Waals surface area contributed by atoms with Gasteiger partial charge in [0.15, 0.2) is 0 Å². The molecule has 0 saturated carbocycles. The predicted molar refractivity (Wildman–Crippen MR) is 92.4 cm³/mol. The Kier molecular flexibility index (Phi) is 4.32. The molecule has 132 valence electrons. The third-order valence-corrected chi connectivity index (χ3v) is 5.81. The van der Waals surface area contributed by atoms with Gasteiger partial charge in [0, 0.05) is 12.0 Å². The van der Waals surface area contributed by atoms with Crippen molar-refractivity contribution >= 4 is 0 Å². The number of fused-ring (bicyclic) bond motifs is 3. The van der Waals surface area contributed by atoms with E-state index in [-0.39, 0.29) is 5.92 Å². The molecule has 0 aromatic heterocycles. The molecule has 2 bridgehead atoms. The van der Waals surface area contributed by atoms with Crippen LogP contribution < -0.4 is 0 Å². The molecule has 0 spiro atoms. The van der Waals surface area contributed by atoms with Crippen LogP contribution in [0.4, 0.5) is 13.2 Å². The molecular weight excluding hydrogens is 323 g/mol. The second kappa shape index (κ2) is 6.49. The average Bonchev–Trinajstić information content (AvgIpc) is 2.64. The Balaban J connectivity index is 1.76. The van der Waals surface area contributed by atoms with E-state index < -0.39 is 11.7 Å². The van der Waals surface area contributed by atoms with Crippen LogP contribution in [-0.4, -0.2) is 24.0 Å². The largest absolute Gasteiger partial charge is 0.416 e. The van der Waals surface area contributed by atoms with Crippen molar-refractivity contribution in [2.75, 3.05) is 13.1 Å². The van der Waals surface area contributed by atoms with E-state index in [0.717, 1.165) is 30.6 Å². The van der Waals surface area contributed by atoms with Crippen LogP contribution in [0.25, 0.3) is 0 Å². The molecule has 3 aliphatic rings. The smallest absolute Gasteiger partial charge is 0.299 e. The van der Waals surface area contributed by atoms with Crippen LogP contribution in [0.5, 0.6) is 0 Å². The van der Waals surface area contributed by atoms with E-state index in [4.69, 9.17) is 0 Å². The zero-order valence-electron chi connectivity index (χ0n) is 14.0. The molecule has 3 aliphatic heterocycles. The van der Waals surface area contributed by atoms with Gasteiger partial charge in [-0.05, 0) is 55.5 Å².